The fourth-order valence-electron chi connectivity index (χ4n) is 2.02. The lowest BCUT2D eigenvalue weighted by Gasteiger charge is -2.36. The minimum Gasteiger partial charge on any atom is -0.469 e. The van der Waals surface area contributed by atoms with Crippen molar-refractivity contribution in [2.24, 2.45) is 11.0 Å². The van der Waals surface area contributed by atoms with Crippen LogP contribution in [-0.4, -0.2) is 38.9 Å². The Hall–Kier alpha value is -2.09. The van der Waals surface area contributed by atoms with Crippen LogP contribution < -0.4 is 0 Å². The number of nitrogens with zero attached hydrogens (tertiary/aromatic N) is 4. The number of hydrogen-bond acceptors (Lipinski definition) is 5. The maximum atomic E-state index is 12.4. The van der Waals surface area contributed by atoms with Crippen molar-refractivity contribution >= 4 is 16.0 Å². The summed E-state index contributed by atoms with van der Waals surface area (Å²) in [5, 5.41) is 3.40. The number of sulfonamides is 1. The largest absolute Gasteiger partial charge is 0.469 e. The van der Waals surface area contributed by atoms with Gasteiger partial charge in [-0.05, 0) is 23.2 Å². The predicted octanol–water partition coefficient (Wildman–Crippen LogP) is 1.29. The molecule has 0 spiro atoms. The lowest BCUT2D eigenvalue weighted by atomic mass is 10.0. The average molecular weight is 310 g/mol. The summed E-state index contributed by atoms with van der Waals surface area (Å²) in [6.45, 7) is 0.329. The molecular formula is C12H14N4O4S. The standard InChI is InChI=1S/C12H14N4O4S/c1-20-12(17)10-7-16(8-10)21(18,19)11-4-2-3-9(5-11)6-14-15-13/h2-5,10H,6-8H2,1H3. The van der Waals surface area contributed by atoms with Gasteiger partial charge in [0, 0.05) is 18.0 Å². The third kappa shape index (κ3) is 3.15. The lowest BCUT2D eigenvalue weighted by molar-refractivity contribution is -0.149. The Labute approximate surface area is 122 Å². The normalized spacial score (nSPS) is 15.9. The smallest absolute Gasteiger partial charge is 0.311 e. The van der Waals surface area contributed by atoms with E-state index in [0.717, 1.165) is 0 Å². The molecule has 0 radical (unpaired) electrons. The molecule has 1 aromatic rings. The molecule has 0 saturated carbocycles. The van der Waals surface area contributed by atoms with Crippen molar-refractivity contribution in [1.82, 2.24) is 4.31 Å². The molecule has 1 fully saturated rings. The zero-order valence-corrected chi connectivity index (χ0v) is 12.2. The van der Waals surface area contributed by atoms with Gasteiger partial charge in [-0.25, -0.2) is 8.42 Å². The second-order valence-corrected chi connectivity index (χ2v) is 6.52. The highest BCUT2D eigenvalue weighted by molar-refractivity contribution is 7.89. The van der Waals surface area contributed by atoms with Crippen LogP contribution in [0.3, 0.4) is 0 Å². The van der Waals surface area contributed by atoms with Crippen LogP contribution in [0.15, 0.2) is 34.3 Å². The molecule has 0 atom stereocenters. The van der Waals surface area contributed by atoms with Gasteiger partial charge >= 0.3 is 5.97 Å². The maximum Gasteiger partial charge on any atom is 0.311 e. The number of hydrogen-bond donors (Lipinski definition) is 0. The summed E-state index contributed by atoms with van der Waals surface area (Å²) in [5.74, 6) is -0.810. The molecule has 9 heteroatoms. The molecule has 0 aliphatic carbocycles. The first-order valence-electron chi connectivity index (χ1n) is 6.17. The summed E-state index contributed by atoms with van der Waals surface area (Å²) in [7, 11) is -2.36. The quantitative estimate of drug-likeness (QED) is 0.353. The third-order valence-corrected chi connectivity index (χ3v) is 5.06. The molecule has 0 N–H and O–H groups in total. The van der Waals surface area contributed by atoms with Crippen LogP contribution in [-0.2, 0) is 26.1 Å². The number of methoxy groups -OCH3 is 1. The number of rotatable bonds is 5. The second kappa shape index (κ2) is 6.13. The van der Waals surface area contributed by atoms with Gasteiger partial charge in [0.1, 0.15) is 0 Å². The van der Waals surface area contributed by atoms with Gasteiger partial charge in [-0.3, -0.25) is 4.79 Å². The van der Waals surface area contributed by atoms with E-state index < -0.39 is 21.9 Å². The van der Waals surface area contributed by atoms with Crippen molar-refractivity contribution in [3.8, 4) is 0 Å². The van der Waals surface area contributed by atoms with Crippen LogP contribution in [0.25, 0.3) is 10.4 Å². The Morgan fingerprint density at radius 2 is 2.24 bits per heavy atom. The zero-order chi connectivity index (χ0) is 15.5. The Bertz CT molecular complexity index is 691. The second-order valence-electron chi connectivity index (χ2n) is 4.58. The van der Waals surface area contributed by atoms with E-state index >= 15 is 0 Å². The first kappa shape index (κ1) is 15.3. The number of azide groups is 1. The van der Waals surface area contributed by atoms with E-state index in [0.29, 0.717) is 5.56 Å². The summed E-state index contributed by atoms with van der Waals surface area (Å²) >= 11 is 0. The summed E-state index contributed by atoms with van der Waals surface area (Å²) in [4.78, 5) is 14.0. The van der Waals surface area contributed by atoms with Crippen LogP contribution in [0.5, 0.6) is 0 Å². The van der Waals surface area contributed by atoms with Crippen molar-refractivity contribution in [2.45, 2.75) is 11.4 Å². The number of carbonyl (C=O) groups excluding carboxylic acids is 1. The van der Waals surface area contributed by atoms with Gasteiger partial charge in [0.05, 0.1) is 24.5 Å². The van der Waals surface area contributed by atoms with Gasteiger partial charge in [0.15, 0.2) is 0 Å². The molecule has 1 aliphatic heterocycles. The molecule has 0 unspecified atom stereocenters. The highest BCUT2D eigenvalue weighted by atomic mass is 32.2. The van der Waals surface area contributed by atoms with E-state index in [9.17, 15) is 13.2 Å². The Morgan fingerprint density at radius 3 is 2.86 bits per heavy atom. The molecule has 0 amide bonds. The first-order chi connectivity index (χ1) is 9.98. The third-order valence-electron chi connectivity index (χ3n) is 3.24. The monoisotopic (exact) mass is 310 g/mol. The molecule has 21 heavy (non-hydrogen) atoms. The van der Waals surface area contributed by atoms with E-state index in [2.05, 4.69) is 14.8 Å². The zero-order valence-electron chi connectivity index (χ0n) is 11.3. The van der Waals surface area contributed by atoms with Gasteiger partial charge in [-0.1, -0.05) is 17.2 Å². The van der Waals surface area contributed by atoms with E-state index in [1.54, 1.807) is 12.1 Å². The molecular weight excluding hydrogens is 296 g/mol. The van der Waals surface area contributed by atoms with Gasteiger partial charge in [0.2, 0.25) is 10.0 Å². The average Bonchev–Trinajstić information content (AvgIpc) is 2.43. The van der Waals surface area contributed by atoms with Crippen molar-refractivity contribution in [3.05, 3.63) is 40.3 Å². The van der Waals surface area contributed by atoms with Crippen molar-refractivity contribution in [1.29, 1.82) is 0 Å². The molecule has 112 valence electrons. The van der Waals surface area contributed by atoms with Crippen LogP contribution in [0.4, 0.5) is 0 Å². The molecule has 1 saturated heterocycles. The van der Waals surface area contributed by atoms with Crippen LogP contribution in [0.1, 0.15) is 5.56 Å². The van der Waals surface area contributed by atoms with E-state index in [1.165, 1.54) is 23.5 Å². The minimum atomic E-state index is -3.63. The predicted molar refractivity (Wildman–Crippen MR) is 73.6 cm³/mol. The van der Waals surface area contributed by atoms with E-state index in [4.69, 9.17) is 5.53 Å². The molecule has 8 nitrogen and oxygen atoms in total. The fourth-order valence-corrected chi connectivity index (χ4v) is 3.62. The fraction of sp³-hybridized carbons (Fsp3) is 0.417. The van der Waals surface area contributed by atoms with Crippen molar-refractivity contribution in [2.75, 3.05) is 20.2 Å². The topological polar surface area (TPSA) is 112 Å². The van der Waals surface area contributed by atoms with Crippen molar-refractivity contribution < 1.29 is 17.9 Å². The first-order valence-corrected chi connectivity index (χ1v) is 7.61. The van der Waals surface area contributed by atoms with Crippen LogP contribution in [0, 0.1) is 5.92 Å². The summed E-state index contributed by atoms with van der Waals surface area (Å²) < 4.78 is 30.5. The van der Waals surface area contributed by atoms with Gasteiger partial charge in [-0.2, -0.15) is 4.31 Å². The van der Waals surface area contributed by atoms with Gasteiger partial charge in [0.25, 0.3) is 0 Å². The lowest BCUT2D eigenvalue weighted by Crippen LogP contribution is -2.53. The minimum absolute atomic E-state index is 0.0879. The SMILES string of the molecule is COC(=O)C1CN(S(=O)(=O)c2cccc(CN=[N+]=[N-])c2)C1. The highest BCUT2D eigenvalue weighted by Gasteiger charge is 2.41. The Balaban J connectivity index is 2.14. The maximum absolute atomic E-state index is 12.4. The molecule has 2 rings (SSSR count). The Kier molecular flexibility index (Phi) is 4.46. The summed E-state index contributed by atoms with van der Waals surface area (Å²) in [6, 6.07) is 6.21. The summed E-state index contributed by atoms with van der Waals surface area (Å²) in [6.07, 6.45) is 0. The molecule has 0 bridgehead atoms. The molecule has 1 aliphatic rings. The number of ether oxygens (including phenoxy) is 1. The van der Waals surface area contributed by atoms with Crippen molar-refractivity contribution in [3.63, 3.8) is 0 Å². The van der Waals surface area contributed by atoms with Gasteiger partial charge in [-0.15, -0.1) is 0 Å². The number of carbonyl (C=O) groups is 1. The summed E-state index contributed by atoms with van der Waals surface area (Å²) in [5.41, 5.74) is 8.89. The number of benzene rings is 1. The number of esters is 1. The van der Waals surface area contributed by atoms with Crippen LogP contribution >= 0.6 is 0 Å². The molecule has 0 aromatic heterocycles. The van der Waals surface area contributed by atoms with Gasteiger partial charge < -0.3 is 4.74 Å². The Morgan fingerprint density at radius 1 is 1.52 bits per heavy atom. The van der Waals surface area contributed by atoms with E-state index in [-0.39, 0.29) is 24.5 Å². The van der Waals surface area contributed by atoms with E-state index in [1.807, 2.05) is 0 Å². The highest BCUT2D eigenvalue weighted by Crippen LogP contribution is 2.26. The molecule has 1 heterocycles. The molecule has 1 aromatic carbocycles. The van der Waals surface area contributed by atoms with Crippen LogP contribution in [0.2, 0.25) is 0 Å².